The largest absolute Gasteiger partial charge is 0.573 e. The van der Waals surface area contributed by atoms with Crippen LogP contribution in [0.2, 0.25) is 21.6 Å². The van der Waals surface area contributed by atoms with Gasteiger partial charge in [-0.2, -0.15) is 0 Å². The first kappa shape index (κ1) is 28.6. The third kappa shape index (κ3) is 5.81. The van der Waals surface area contributed by atoms with Gasteiger partial charge in [-0.3, -0.25) is 4.57 Å². The van der Waals surface area contributed by atoms with E-state index >= 15 is 0 Å². The third-order valence-electron chi connectivity index (χ3n) is 6.73. The molecule has 198 valence electrons. The molecule has 2 aromatic carbocycles. The van der Waals surface area contributed by atoms with E-state index < -0.39 is 26.2 Å². The summed E-state index contributed by atoms with van der Waals surface area (Å²) < 4.78 is 48.9. The lowest BCUT2D eigenvalue weighted by Gasteiger charge is -2.38. The Morgan fingerprint density at radius 2 is 1.65 bits per heavy atom. The highest BCUT2D eigenvalue weighted by atomic mass is 35.5. The molecule has 0 spiro atoms. The Labute approximate surface area is 220 Å². The average molecular weight is 551 g/mol. The number of benzene rings is 2. The number of fused-ring (bicyclic) bond motifs is 1. The number of carbonyl (C=O) groups excluding carboxylic acids is 1. The molecule has 0 radical (unpaired) electrons. The molecule has 10 heteroatoms. The molecular formula is C27H30ClF3N2O3Si. The van der Waals surface area contributed by atoms with Gasteiger partial charge in [0, 0.05) is 0 Å². The number of hydrogen-bond donors (Lipinski definition) is 0. The van der Waals surface area contributed by atoms with Gasteiger partial charge in [0.05, 0.1) is 34.4 Å². The number of nitrogens with zero attached hydrogens (tertiary/aromatic N) is 2. The molecule has 1 heterocycles. The maximum Gasteiger partial charge on any atom is 0.573 e. The number of methoxy groups -OCH3 is 1. The molecule has 0 unspecified atom stereocenters. The fourth-order valence-corrected chi connectivity index (χ4v) is 10.5. The zero-order chi connectivity index (χ0) is 27.7. The zero-order valence-corrected chi connectivity index (χ0v) is 23.6. The van der Waals surface area contributed by atoms with Crippen molar-refractivity contribution in [2.75, 3.05) is 7.11 Å². The van der Waals surface area contributed by atoms with Crippen LogP contribution in [0.5, 0.6) is 5.75 Å². The Balaban J connectivity index is 2.28. The highest BCUT2D eigenvalue weighted by molar-refractivity contribution is 6.90. The summed E-state index contributed by atoms with van der Waals surface area (Å²) in [4.78, 5) is 16.8. The molecule has 0 bridgehead atoms. The van der Waals surface area contributed by atoms with Crippen LogP contribution in [0.4, 0.5) is 13.2 Å². The number of halogens is 4. The zero-order valence-electron chi connectivity index (χ0n) is 21.8. The first-order valence-electron chi connectivity index (χ1n) is 11.9. The number of rotatable bonds is 6. The number of aromatic nitrogens is 2. The van der Waals surface area contributed by atoms with Crippen molar-refractivity contribution in [1.82, 2.24) is 9.55 Å². The first-order chi connectivity index (χ1) is 17.2. The molecule has 0 aliphatic heterocycles. The van der Waals surface area contributed by atoms with Gasteiger partial charge in [0.1, 0.15) is 13.8 Å². The summed E-state index contributed by atoms with van der Waals surface area (Å²) in [6.45, 7) is 13.2. The minimum Gasteiger partial charge on any atom is -0.465 e. The van der Waals surface area contributed by atoms with Gasteiger partial charge in [0.25, 0.3) is 0 Å². The van der Waals surface area contributed by atoms with Gasteiger partial charge >= 0.3 is 12.3 Å². The van der Waals surface area contributed by atoms with E-state index in [2.05, 4.69) is 57.7 Å². The van der Waals surface area contributed by atoms with E-state index in [-0.39, 0.29) is 5.02 Å². The lowest BCUT2D eigenvalue weighted by molar-refractivity contribution is -0.274. The number of alkyl halides is 3. The molecule has 0 atom stereocenters. The van der Waals surface area contributed by atoms with E-state index in [1.54, 1.807) is 22.8 Å². The Bertz CT molecular complexity index is 1350. The van der Waals surface area contributed by atoms with E-state index in [1.165, 1.54) is 19.2 Å². The van der Waals surface area contributed by atoms with Crippen LogP contribution in [0.15, 0.2) is 36.4 Å². The molecule has 0 saturated carbocycles. The van der Waals surface area contributed by atoms with Gasteiger partial charge in [-0.25, -0.2) is 9.78 Å². The van der Waals surface area contributed by atoms with Gasteiger partial charge in [-0.05, 0) is 58.9 Å². The van der Waals surface area contributed by atoms with Crippen molar-refractivity contribution in [3.63, 3.8) is 0 Å². The number of hydrogen-bond acceptors (Lipinski definition) is 4. The van der Waals surface area contributed by atoms with Gasteiger partial charge < -0.3 is 9.47 Å². The van der Waals surface area contributed by atoms with E-state index in [0.29, 0.717) is 44.7 Å². The summed E-state index contributed by atoms with van der Waals surface area (Å²) in [6, 6.07) is 8.90. The number of carbonyl (C=O) groups is 1. The molecule has 1 aromatic heterocycles. The maximum atomic E-state index is 12.8. The minimum absolute atomic E-state index is 0.211. The highest BCUT2D eigenvalue weighted by Gasteiger charge is 2.42. The summed E-state index contributed by atoms with van der Waals surface area (Å²) in [5.41, 5.74) is 6.68. The Hall–Kier alpha value is -2.96. The standard InChI is InChI=1S/C27H30ClF3N2O3Si/c1-16(2)37(17(3)4,18(5)6)13-12-25-32-22-14-19(26(34)35-7)8-10-23(22)33(25)20-9-11-24(21(28)15-20)36-27(29,30)31/h8-11,14-18H,1-7H3. The molecule has 0 saturated heterocycles. The van der Waals surface area contributed by atoms with Crippen LogP contribution in [0.3, 0.4) is 0 Å². The molecule has 5 nitrogen and oxygen atoms in total. The number of esters is 1. The summed E-state index contributed by atoms with van der Waals surface area (Å²) >= 11 is 6.17. The van der Waals surface area contributed by atoms with E-state index in [9.17, 15) is 18.0 Å². The molecule has 0 aliphatic rings. The topological polar surface area (TPSA) is 53.3 Å². The SMILES string of the molecule is COC(=O)c1ccc2c(c1)nc(C#C[Si](C(C)C)(C(C)C)C(C)C)n2-c1ccc(OC(F)(F)F)c(Cl)c1. The lowest BCUT2D eigenvalue weighted by Crippen LogP contribution is -2.43. The van der Waals surface area contributed by atoms with Crippen LogP contribution >= 0.6 is 11.6 Å². The minimum atomic E-state index is -4.87. The Morgan fingerprint density at radius 3 is 2.16 bits per heavy atom. The van der Waals surface area contributed by atoms with Gasteiger partial charge in [0.2, 0.25) is 0 Å². The fourth-order valence-electron chi connectivity index (χ4n) is 5.10. The van der Waals surface area contributed by atoms with Gasteiger partial charge in [-0.1, -0.05) is 53.1 Å². The van der Waals surface area contributed by atoms with Crippen molar-refractivity contribution >= 4 is 36.7 Å². The van der Waals surface area contributed by atoms with E-state index in [0.717, 1.165) is 6.07 Å². The van der Waals surface area contributed by atoms with Crippen LogP contribution in [0, 0.1) is 11.5 Å². The third-order valence-corrected chi connectivity index (χ3v) is 13.3. The fraction of sp³-hybridized carbons (Fsp3) is 0.407. The molecular weight excluding hydrogens is 521 g/mol. The predicted octanol–water partition coefficient (Wildman–Crippen LogP) is 7.93. The van der Waals surface area contributed by atoms with Crippen molar-refractivity contribution in [3.05, 3.63) is 52.8 Å². The van der Waals surface area contributed by atoms with Crippen LogP contribution in [0.1, 0.15) is 57.7 Å². The molecule has 3 aromatic rings. The Kier molecular flexibility index (Phi) is 8.35. The summed E-state index contributed by atoms with van der Waals surface area (Å²) in [5.74, 6) is 2.70. The van der Waals surface area contributed by atoms with E-state index in [4.69, 9.17) is 21.3 Å². The van der Waals surface area contributed by atoms with Crippen LogP contribution in [-0.4, -0.2) is 37.1 Å². The van der Waals surface area contributed by atoms with Crippen LogP contribution in [-0.2, 0) is 4.74 Å². The highest BCUT2D eigenvalue weighted by Crippen LogP contribution is 2.41. The summed E-state index contributed by atoms with van der Waals surface area (Å²) in [5, 5.41) is -0.211. The van der Waals surface area contributed by atoms with Crippen LogP contribution in [0.25, 0.3) is 16.7 Å². The van der Waals surface area contributed by atoms with Crippen molar-refractivity contribution in [3.8, 4) is 22.9 Å². The van der Waals surface area contributed by atoms with Gasteiger partial charge in [-0.15, -0.1) is 18.7 Å². The average Bonchev–Trinajstić information content (AvgIpc) is 3.16. The molecule has 0 fully saturated rings. The van der Waals surface area contributed by atoms with Crippen LogP contribution < -0.4 is 4.74 Å². The smallest absolute Gasteiger partial charge is 0.465 e. The van der Waals surface area contributed by atoms with Crippen molar-refractivity contribution < 1.29 is 27.4 Å². The quantitative estimate of drug-likeness (QED) is 0.178. The van der Waals surface area contributed by atoms with E-state index in [1.807, 2.05) is 0 Å². The second kappa shape index (κ2) is 10.8. The van der Waals surface area contributed by atoms with Gasteiger partial charge in [0.15, 0.2) is 5.82 Å². The summed E-state index contributed by atoms with van der Waals surface area (Å²) in [6.07, 6.45) is -4.87. The van der Waals surface area contributed by atoms with Crippen molar-refractivity contribution in [2.24, 2.45) is 0 Å². The lowest BCUT2D eigenvalue weighted by atomic mass is 10.2. The maximum absolute atomic E-state index is 12.8. The molecule has 0 N–H and O–H groups in total. The number of imidazole rings is 1. The summed E-state index contributed by atoms with van der Waals surface area (Å²) in [7, 11) is -0.830. The van der Waals surface area contributed by atoms with Crippen molar-refractivity contribution in [1.29, 1.82) is 0 Å². The molecule has 0 amide bonds. The van der Waals surface area contributed by atoms with Crippen molar-refractivity contribution in [2.45, 2.75) is 64.5 Å². The Morgan fingerprint density at radius 1 is 1.03 bits per heavy atom. The predicted molar refractivity (Wildman–Crippen MR) is 142 cm³/mol. The normalized spacial score (nSPS) is 12.3. The molecule has 37 heavy (non-hydrogen) atoms. The molecule has 3 rings (SSSR count). The first-order valence-corrected chi connectivity index (χ1v) is 14.5. The number of ether oxygens (including phenoxy) is 2. The monoisotopic (exact) mass is 550 g/mol. The second-order valence-electron chi connectivity index (χ2n) is 9.78. The molecule has 0 aliphatic carbocycles. The second-order valence-corrected chi connectivity index (χ2v) is 15.8.